The summed E-state index contributed by atoms with van der Waals surface area (Å²) >= 11 is 0. The molecule has 2 N–H and O–H groups in total. The van der Waals surface area contributed by atoms with Crippen LogP contribution < -0.4 is 5.73 Å². The first kappa shape index (κ1) is 11.2. The van der Waals surface area contributed by atoms with E-state index < -0.39 is 0 Å². The van der Waals surface area contributed by atoms with E-state index in [2.05, 4.69) is 31.1 Å². The van der Waals surface area contributed by atoms with Crippen LogP contribution in [0.1, 0.15) is 51.0 Å². The van der Waals surface area contributed by atoms with Gasteiger partial charge in [0.25, 0.3) is 0 Å². The molecule has 1 rings (SSSR count). The lowest BCUT2D eigenvalue weighted by atomic mass is 10.1. The van der Waals surface area contributed by atoms with Crippen LogP contribution in [0, 0.1) is 0 Å². The Balaban J connectivity index is 3.01. The molecule has 0 bridgehead atoms. The van der Waals surface area contributed by atoms with Gasteiger partial charge in [-0.15, -0.1) is 5.10 Å². The van der Waals surface area contributed by atoms with Crippen LogP contribution in [0.15, 0.2) is 0 Å². The molecule has 0 aromatic carbocycles. The third-order valence-electron chi connectivity index (χ3n) is 2.69. The fraction of sp³-hybridized carbons (Fsp3) is 0.800. The first-order valence-corrected chi connectivity index (χ1v) is 5.41. The second-order valence-corrected chi connectivity index (χ2v) is 3.46. The van der Waals surface area contributed by atoms with Gasteiger partial charge in [-0.3, -0.25) is 0 Å². The van der Waals surface area contributed by atoms with Crippen molar-refractivity contribution in [2.24, 2.45) is 5.73 Å². The summed E-state index contributed by atoms with van der Waals surface area (Å²) in [4.78, 5) is 0. The molecular formula is C10H20N4. The van der Waals surface area contributed by atoms with Crippen molar-refractivity contribution in [1.29, 1.82) is 0 Å². The highest BCUT2D eigenvalue weighted by atomic mass is 15.4. The summed E-state index contributed by atoms with van der Waals surface area (Å²) in [5.41, 5.74) is 7.75. The molecule has 1 aromatic rings. The third-order valence-corrected chi connectivity index (χ3v) is 2.69. The fourth-order valence-electron chi connectivity index (χ4n) is 1.80. The quantitative estimate of drug-likeness (QED) is 0.779. The molecule has 1 aromatic heterocycles. The van der Waals surface area contributed by atoms with Gasteiger partial charge in [-0.2, -0.15) is 0 Å². The Morgan fingerprint density at radius 2 is 1.93 bits per heavy atom. The average molecular weight is 196 g/mol. The lowest BCUT2D eigenvalue weighted by Crippen LogP contribution is -2.13. The predicted octanol–water partition coefficient (Wildman–Crippen LogP) is 1.66. The van der Waals surface area contributed by atoms with Crippen molar-refractivity contribution < 1.29 is 0 Å². The van der Waals surface area contributed by atoms with Gasteiger partial charge in [0.2, 0.25) is 0 Å². The third kappa shape index (κ3) is 1.95. The van der Waals surface area contributed by atoms with Gasteiger partial charge in [0.05, 0.1) is 17.4 Å². The Morgan fingerprint density at radius 3 is 2.36 bits per heavy atom. The minimum atomic E-state index is 0.470. The second-order valence-electron chi connectivity index (χ2n) is 3.46. The molecule has 0 aliphatic heterocycles. The average Bonchev–Trinajstić information content (AvgIpc) is 2.62. The Bertz CT molecular complexity index is 276. The minimum absolute atomic E-state index is 0.470. The maximum absolute atomic E-state index is 5.61. The summed E-state index contributed by atoms with van der Waals surface area (Å²) in [6.07, 6.45) is 3.14. The highest BCUT2D eigenvalue weighted by molar-refractivity contribution is 5.10. The standard InChI is InChI=1S/C10H20N4/c1-4-8(5-2)14-10(6-3)9(7-11)12-13-14/h8H,4-7,11H2,1-3H3. The van der Waals surface area contributed by atoms with Gasteiger partial charge in [-0.1, -0.05) is 26.0 Å². The predicted molar refractivity (Wildman–Crippen MR) is 56.9 cm³/mol. The normalized spacial score (nSPS) is 11.2. The van der Waals surface area contributed by atoms with Crippen LogP contribution in [-0.4, -0.2) is 15.0 Å². The maximum Gasteiger partial charge on any atom is 0.0994 e. The van der Waals surface area contributed by atoms with Crippen molar-refractivity contribution in [2.45, 2.75) is 52.6 Å². The molecular weight excluding hydrogens is 176 g/mol. The summed E-state index contributed by atoms with van der Waals surface area (Å²) in [5, 5.41) is 8.30. The van der Waals surface area contributed by atoms with Gasteiger partial charge in [0.15, 0.2) is 0 Å². The largest absolute Gasteiger partial charge is 0.325 e. The highest BCUT2D eigenvalue weighted by Gasteiger charge is 2.15. The van der Waals surface area contributed by atoms with Gasteiger partial charge in [0.1, 0.15) is 0 Å². The van der Waals surface area contributed by atoms with E-state index in [4.69, 9.17) is 5.73 Å². The summed E-state index contributed by atoms with van der Waals surface area (Å²) in [6.45, 7) is 6.97. The van der Waals surface area contributed by atoms with Gasteiger partial charge < -0.3 is 5.73 Å². The molecule has 0 amide bonds. The van der Waals surface area contributed by atoms with Crippen LogP contribution in [0.25, 0.3) is 0 Å². The maximum atomic E-state index is 5.61. The Labute approximate surface area is 85.5 Å². The van der Waals surface area contributed by atoms with Crippen molar-refractivity contribution in [3.8, 4) is 0 Å². The summed E-state index contributed by atoms with van der Waals surface area (Å²) < 4.78 is 2.04. The number of nitrogens with zero attached hydrogens (tertiary/aromatic N) is 3. The molecule has 0 fully saturated rings. The lowest BCUT2D eigenvalue weighted by Gasteiger charge is -2.15. The first-order valence-electron chi connectivity index (χ1n) is 5.41. The van der Waals surface area contributed by atoms with E-state index in [0.717, 1.165) is 25.0 Å². The van der Waals surface area contributed by atoms with Gasteiger partial charge >= 0.3 is 0 Å². The molecule has 0 saturated heterocycles. The number of nitrogens with two attached hydrogens (primary N) is 1. The number of aromatic nitrogens is 3. The van der Waals surface area contributed by atoms with E-state index in [9.17, 15) is 0 Å². The van der Waals surface area contributed by atoms with Crippen molar-refractivity contribution in [3.05, 3.63) is 11.4 Å². The zero-order valence-corrected chi connectivity index (χ0v) is 9.32. The first-order chi connectivity index (χ1) is 6.78. The van der Waals surface area contributed by atoms with Gasteiger partial charge in [-0.25, -0.2) is 4.68 Å². The van der Waals surface area contributed by atoms with Crippen molar-refractivity contribution in [1.82, 2.24) is 15.0 Å². The number of rotatable bonds is 5. The molecule has 4 heteroatoms. The van der Waals surface area contributed by atoms with E-state index in [-0.39, 0.29) is 0 Å². The van der Waals surface area contributed by atoms with Crippen LogP contribution in [0.2, 0.25) is 0 Å². The zero-order valence-electron chi connectivity index (χ0n) is 9.32. The molecule has 0 aliphatic carbocycles. The molecule has 0 unspecified atom stereocenters. The Kier molecular flexibility index (Phi) is 4.07. The van der Waals surface area contributed by atoms with E-state index in [1.165, 1.54) is 5.69 Å². The Hall–Kier alpha value is -0.900. The lowest BCUT2D eigenvalue weighted by molar-refractivity contribution is 0.406. The van der Waals surface area contributed by atoms with Gasteiger partial charge in [0, 0.05) is 6.54 Å². The van der Waals surface area contributed by atoms with Crippen molar-refractivity contribution in [3.63, 3.8) is 0 Å². The van der Waals surface area contributed by atoms with Crippen LogP contribution in [-0.2, 0) is 13.0 Å². The van der Waals surface area contributed by atoms with E-state index in [1.54, 1.807) is 0 Å². The molecule has 1 heterocycles. The second kappa shape index (κ2) is 5.10. The summed E-state index contributed by atoms with van der Waals surface area (Å²) in [7, 11) is 0. The van der Waals surface area contributed by atoms with Crippen LogP contribution in [0.5, 0.6) is 0 Å². The topological polar surface area (TPSA) is 56.7 Å². The molecule has 80 valence electrons. The van der Waals surface area contributed by atoms with Crippen molar-refractivity contribution >= 4 is 0 Å². The molecule has 0 spiro atoms. The van der Waals surface area contributed by atoms with E-state index in [0.29, 0.717) is 12.6 Å². The zero-order chi connectivity index (χ0) is 10.6. The van der Waals surface area contributed by atoms with Crippen LogP contribution >= 0.6 is 0 Å². The van der Waals surface area contributed by atoms with Gasteiger partial charge in [-0.05, 0) is 19.3 Å². The van der Waals surface area contributed by atoms with E-state index >= 15 is 0 Å². The molecule has 4 nitrogen and oxygen atoms in total. The molecule has 0 aliphatic rings. The smallest absolute Gasteiger partial charge is 0.0994 e. The SMILES string of the molecule is CCc1c(CN)nnn1C(CC)CC. The van der Waals surface area contributed by atoms with Crippen LogP contribution in [0.4, 0.5) is 0 Å². The van der Waals surface area contributed by atoms with Crippen molar-refractivity contribution in [2.75, 3.05) is 0 Å². The fourth-order valence-corrected chi connectivity index (χ4v) is 1.80. The number of hydrogen-bond acceptors (Lipinski definition) is 3. The van der Waals surface area contributed by atoms with Crippen LogP contribution in [0.3, 0.4) is 0 Å². The minimum Gasteiger partial charge on any atom is -0.325 e. The highest BCUT2D eigenvalue weighted by Crippen LogP contribution is 2.18. The Morgan fingerprint density at radius 1 is 1.29 bits per heavy atom. The molecule has 0 saturated carbocycles. The molecule has 0 radical (unpaired) electrons. The number of hydrogen-bond donors (Lipinski definition) is 1. The summed E-state index contributed by atoms with van der Waals surface area (Å²) in [5.74, 6) is 0. The molecule has 0 atom stereocenters. The summed E-state index contributed by atoms with van der Waals surface area (Å²) in [6, 6.07) is 0.470. The van der Waals surface area contributed by atoms with E-state index in [1.807, 2.05) is 4.68 Å². The molecule has 14 heavy (non-hydrogen) atoms. The monoisotopic (exact) mass is 196 g/mol.